The number of fused-ring (bicyclic) bond motifs is 1. The third kappa shape index (κ3) is 2.85. The van der Waals surface area contributed by atoms with Gasteiger partial charge >= 0.3 is 0 Å². The third-order valence-electron chi connectivity index (χ3n) is 4.64. The summed E-state index contributed by atoms with van der Waals surface area (Å²) < 4.78 is 1.95. The lowest BCUT2D eigenvalue weighted by molar-refractivity contribution is -0.122. The van der Waals surface area contributed by atoms with Crippen molar-refractivity contribution in [3.05, 3.63) is 12.2 Å². The van der Waals surface area contributed by atoms with E-state index in [1.165, 1.54) is 25.7 Å². The van der Waals surface area contributed by atoms with Gasteiger partial charge in [0.15, 0.2) is 0 Å². The zero-order chi connectivity index (χ0) is 13.9. The normalized spacial score (nSPS) is 29.1. The van der Waals surface area contributed by atoms with E-state index < -0.39 is 0 Å². The van der Waals surface area contributed by atoms with Crippen LogP contribution < -0.4 is 10.6 Å². The molecule has 0 bridgehead atoms. The van der Waals surface area contributed by atoms with Crippen LogP contribution in [0.1, 0.15) is 37.9 Å². The molecule has 1 aliphatic heterocycles. The first-order valence-electron chi connectivity index (χ1n) is 7.62. The fraction of sp³-hybridized carbons (Fsp3) is 0.786. The largest absolute Gasteiger partial charge is 0.353 e. The minimum atomic E-state index is 0.00473. The Hall–Kier alpha value is -1.43. The van der Waals surface area contributed by atoms with Crippen LogP contribution in [0.3, 0.4) is 0 Å². The lowest BCUT2D eigenvalue weighted by Crippen LogP contribution is -2.43. The molecule has 20 heavy (non-hydrogen) atoms. The molecule has 1 saturated carbocycles. The lowest BCUT2D eigenvalue weighted by atomic mass is 9.85. The average Bonchev–Trinajstić information content (AvgIpc) is 3.05. The molecule has 1 aromatic heterocycles. The summed E-state index contributed by atoms with van der Waals surface area (Å²) in [5.41, 5.74) is 0. The molecule has 110 valence electrons. The Morgan fingerprint density at radius 1 is 1.50 bits per heavy atom. The maximum Gasteiger partial charge on any atom is 0.237 e. The molecular weight excluding hydrogens is 254 g/mol. The molecule has 0 spiro atoms. The fourth-order valence-electron chi connectivity index (χ4n) is 3.48. The number of hydrogen-bond donors (Lipinski definition) is 2. The van der Waals surface area contributed by atoms with Crippen molar-refractivity contribution in [2.75, 3.05) is 6.54 Å². The van der Waals surface area contributed by atoms with Gasteiger partial charge in [0.1, 0.15) is 12.2 Å². The molecule has 2 N–H and O–H groups in total. The minimum absolute atomic E-state index is 0.00473. The Balaban J connectivity index is 1.44. The van der Waals surface area contributed by atoms with Crippen LogP contribution in [0.5, 0.6) is 0 Å². The van der Waals surface area contributed by atoms with Crippen molar-refractivity contribution in [2.24, 2.45) is 5.92 Å². The number of aromatic nitrogens is 3. The maximum atomic E-state index is 12.2. The van der Waals surface area contributed by atoms with Gasteiger partial charge in [-0.3, -0.25) is 4.79 Å². The van der Waals surface area contributed by atoms with E-state index in [0.29, 0.717) is 18.5 Å². The zero-order valence-electron chi connectivity index (χ0n) is 12.0. The number of hydrogen-bond acceptors (Lipinski definition) is 4. The Morgan fingerprint density at radius 3 is 3.10 bits per heavy atom. The molecule has 3 unspecified atom stereocenters. The van der Waals surface area contributed by atoms with Gasteiger partial charge in [-0.15, -0.1) is 10.2 Å². The second-order valence-electron chi connectivity index (χ2n) is 5.97. The summed E-state index contributed by atoms with van der Waals surface area (Å²) in [5.74, 6) is 1.73. The molecule has 2 heterocycles. The van der Waals surface area contributed by atoms with E-state index in [4.69, 9.17) is 0 Å². The van der Waals surface area contributed by atoms with Crippen LogP contribution in [-0.2, 0) is 11.3 Å². The quantitative estimate of drug-likeness (QED) is 0.846. The molecule has 3 atom stereocenters. The van der Waals surface area contributed by atoms with Crippen molar-refractivity contribution in [1.82, 2.24) is 25.4 Å². The van der Waals surface area contributed by atoms with E-state index in [-0.39, 0.29) is 11.9 Å². The predicted molar refractivity (Wildman–Crippen MR) is 75.1 cm³/mol. The highest BCUT2D eigenvalue weighted by atomic mass is 16.2. The number of carbonyl (C=O) groups excluding carboxylic acids is 1. The smallest absolute Gasteiger partial charge is 0.237 e. The van der Waals surface area contributed by atoms with E-state index in [2.05, 4.69) is 20.8 Å². The molecular formula is C14H23N5O. The lowest BCUT2D eigenvalue weighted by Gasteiger charge is -2.24. The van der Waals surface area contributed by atoms with Crippen LogP contribution in [-0.4, -0.2) is 39.3 Å². The average molecular weight is 277 g/mol. The van der Waals surface area contributed by atoms with E-state index in [1.54, 1.807) is 6.33 Å². The van der Waals surface area contributed by atoms with Crippen LogP contribution in [0.2, 0.25) is 0 Å². The first-order chi connectivity index (χ1) is 9.74. The van der Waals surface area contributed by atoms with E-state index in [9.17, 15) is 4.79 Å². The maximum absolute atomic E-state index is 12.2. The van der Waals surface area contributed by atoms with Gasteiger partial charge in [-0.1, -0.05) is 12.8 Å². The first-order valence-corrected chi connectivity index (χ1v) is 7.62. The van der Waals surface area contributed by atoms with Gasteiger partial charge in [0, 0.05) is 19.1 Å². The van der Waals surface area contributed by atoms with Crippen molar-refractivity contribution in [2.45, 2.75) is 57.7 Å². The van der Waals surface area contributed by atoms with Crippen LogP contribution in [0.25, 0.3) is 0 Å². The number of rotatable bonds is 4. The molecule has 2 fully saturated rings. The monoisotopic (exact) mass is 277 g/mol. The SMILES string of the molecule is Cc1nncn1CCNC(=O)C1CC2CCCCC2N1. The Morgan fingerprint density at radius 2 is 2.35 bits per heavy atom. The van der Waals surface area contributed by atoms with Gasteiger partial charge in [-0.05, 0) is 32.1 Å². The standard InChI is InChI=1S/C14H23N5O/c1-10-18-16-9-19(10)7-6-15-14(20)13-8-11-4-2-3-5-12(11)17-13/h9,11-13,17H,2-8H2,1H3,(H,15,20). The molecule has 1 aromatic rings. The molecule has 1 saturated heterocycles. The van der Waals surface area contributed by atoms with Gasteiger partial charge in [0.2, 0.25) is 5.91 Å². The Bertz CT molecular complexity index is 458. The van der Waals surface area contributed by atoms with Crippen molar-refractivity contribution >= 4 is 5.91 Å². The summed E-state index contributed by atoms with van der Waals surface area (Å²) in [4.78, 5) is 12.2. The molecule has 6 nitrogen and oxygen atoms in total. The number of aryl methyl sites for hydroxylation is 1. The number of nitrogens with one attached hydrogen (secondary N) is 2. The van der Waals surface area contributed by atoms with Gasteiger partial charge in [-0.2, -0.15) is 0 Å². The summed E-state index contributed by atoms with van der Waals surface area (Å²) in [5, 5.41) is 14.3. The van der Waals surface area contributed by atoms with E-state index in [1.807, 2.05) is 11.5 Å². The minimum Gasteiger partial charge on any atom is -0.353 e. The zero-order valence-corrected chi connectivity index (χ0v) is 12.0. The molecule has 1 amide bonds. The summed E-state index contributed by atoms with van der Waals surface area (Å²) in [6, 6.07) is 0.574. The predicted octanol–water partition coefficient (Wildman–Crippen LogP) is 0.623. The highest BCUT2D eigenvalue weighted by Crippen LogP contribution is 2.33. The summed E-state index contributed by atoms with van der Waals surface area (Å²) in [7, 11) is 0. The topological polar surface area (TPSA) is 71.8 Å². The number of amides is 1. The van der Waals surface area contributed by atoms with Crippen LogP contribution >= 0.6 is 0 Å². The first kappa shape index (κ1) is 13.5. The molecule has 0 aromatic carbocycles. The molecule has 1 aliphatic carbocycles. The van der Waals surface area contributed by atoms with Gasteiger partial charge < -0.3 is 15.2 Å². The van der Waals surface area contributed by atoms with Crippen LogP contribution in [0, 0.1) is 12.8 Å². The van der Waals surface area contributed by atoms with Crippen LogP contribution in [0.4, 0.5) is 0 Å². The van der Waals surface area contributed by atoms with Crippen LogP contribution in [0.15, 0.2) is 6.33 Å². The highest BCUT2D eigenvalue weighted by Gasteiger charge is 2.37. The number of nitrogens with zero attached hydrogens (tertiary/aromatic N) is 3. The summed E-state index contributed by atoms with van der Waals surface area (Å²) >= 11 is 0. The van der Waals surface area contributed by atoms with Crippen molar-refractivity contribution < 1.29 is 4.79 Å². The summed E-state index contributed by atoms with van der Waals surface area (Å²) in [6.07, 6.45) is 7.83. The highest BCUT2D eigenvalue weighted by molar-refractivity contribution is 5.82. The van der Waals surface area contributed by atoms with Gasteiger partial charge in [0.25, 0.3) is 0 Å². The molecule has 0 radical (unpaired) electrons. The van der Waals surface area contributed by atoms with Crippen molar-refractivity contribution in [1.29, 1.82) is 0 Å². The molecule has 2 aliphatic rings. The van der Waals surface area contributed by atoms with Crippen molar-refractivity contribution in [3.8, 4) is 0 Å². The molecule has 6 heteroatoms. The van der Waals surface area contributed by atoms with E-state index in [0.717, 1.165) is 18.8 Å². The Labute approximate surface area is 119 Å². The fourth-order valence-corrected chi connectivity index (χ4v) is 3.48. The summed E-state index contributed by atoms with van der Waals surface area (Å²) in [6.45, 7) is 3.27. The van der Waals surface area contributed by atoms with Gasteiger partial charge in [-0.25, -0.2) is 0 Å². The van der Waals surface area contributed by atoms with Gasteiger partial charge in [0.05, 0.1) is 6.04 Å². The second-order valence-corrected chi connectivity index (χ2v) is 5.97. The second kappa shape index (κ2) is 5.91. The number of carbonyl (C=O) groups is 1. The third-order valence-corrected chi connectivity index (χ3v) is 4.64. The van der Waals surface area contributed by atoms with E-state index >= 15 is 0 Å². The van der Waals surface area contributed by atoms with Crippen molar-refractivity contribution in [3.63, 3.8) is 0 Å². The molecule has 3 rings (SSSR count). The Kier molecular flexibility index (Phi) is 4.00.